The first-order valence-electron chi connectivity index (χ1n) is 9.70. The lowest BCUT2D eigenvalue weighted by molar-refractivity contribution is -0.132. The Hall–Kier alpha value is -2.62. The predicted octanol–water partition coefficient (Wildman–Crippen LogP) is 3.83. The number of piperidine rings is 1. The van der Waals surface area contributed by atoms with Gasteiger partial charge in [-0.2, -0.15) is 0 Å². The van der Waals surface area contributed by atoms with Crippen LogP contribution in [0, 0.1) is 12.8 Å². The number of hydrogen-bond donors (Lipinski definition) is 0. The minimum absolute atomic E-state index is 0.0339. The Balaban J connectivity index is 1.57. The van der Waals surface area contributed by atoms with Gasteiger partial charge >= 0.3 is 0 Å². The van der Waals surface area contributed by atoms with E-state index in [-0.39, 0.29) is 18.4 Å². The number of para-hydroxylation sites is 1. The Kier molecular flexibility index (Phi) is 6.28. The second kappa shape index (κ2) is 8.85. The number of nitrogens with zero attached hydrogens (tertiary/aromatic N) is 2. The van der Waals surface area contributed by atoms with E-state index in [2.05, 4.69) is 24.3 Å². The maximum atomic E-state index is 12.8. The maximum absolute atomic E-state index is 12.8. The molecule has 0 unspecified atom stereocenters. The minimum atomic E-state index is -0.100. The number of likely N-dealkylation sites (tertiary alicyclic amines) is 1. The van der Waals surface area contributed by atoms with Gasteiger partial charge in [-0.1, -0.05) is 48.5 Å². The first kappa shape index (κ1) is 19.2. The molecule has 4 nitrogen and oxygen atoms in total. The minimum Gasteiger partial charge on any atom is -0.341 e. The van der Waals surface area contributed by atoms with Gasteiger partial charge in [-0.25, -0.2) is 0 Å². The Morgan fingerprint density at radius 3 is 2.26 bits per heavy atom. The van der Waals surface area contributed by atoms with Gasteiger partial charge in [-0.15, -0.1) is 0 Å². The van der Waals surface area contributed by atoms with Crippen LogP contribution >= 0.6 is 0 Å². The lowest BCUT2D eigenvalue weighted by atomic mass is 9.90. The van der Waals surface area contributed by atoms with Gasteiger partial charge in [0.15, 0.2) is 0 Å². The smallest absolute Gasteiger partial charge is 0.242 e. The van der Waals surface area contributed by atoms with Gasteiger partial charge in [-0.05, 0) is 49.3 Å². The molecule has 1 aliphatic heterocycles. The first-order chi connectivity index (χ1) is 13.0. The molecular weight excluding hydrogens is 336 g/mol. The highest BCUT2D eigenvalue weighted by atomic mass is 16.2. The highest BCUT2D eigenvalue weighted by molar-refractivity contribution is 5.98. The van der Waals surface area contributed by atoms with Crippen LogP contribution in [0.15, 0.2) is 54.6 Å². The van der Waals surface area contributed by atoms with Crippen LogP contribution in [-0.4, -0.2) is 36.3 Å². The molecule has 0 aromatic heterocycles. The number of carbonyl (C=O) groups is 2. The molecule has 1 saturated heterocycles. The lowest BCUT2D eigenvalue weighted by Crippen LogP contribution is -2.45. The van der Waals surface area contributed by atoms with Gasteiger partial charge in [-0.3, -0.25) is 9.59 Å². The molecule has 0 spiro atoms. The lowest BCUT2D eigenvalue weighted by Gasteiger charge is -2.34. The maximum Gasteiger partial charge on any atom is 0.242 e. The van der Waals surface area contributed by atoms with E-state index in [0.717, 1.165) is 43.6 Å². The largest absolute Gasteiger partial charge is 0.341 e. The molecule has 0 N–H and O–H groups in total. The molecule has 2 amide bonds. The van der Waals surface area contributed by atoms with Crippen molar-refractivity contribution in [1.29, 1.82) is 0 Å². The van der Waals surface area contributed by atoms with E-state index in [4.69, 9.17) is 0 Å². The number of amides is 2. The van der Waals surface area contributed by atoms with Crippen molar-refractivity contribution in [3.05, 3.63) is 65.7 Å². The van der Waals surface area contributed by atoms with Crippen LogP contribution < -0.4 is 4.90 Å². The van der Waals surface area contributed by atoms with Gasteiger partial charge < -0.3 is 9.80 Å². The van der Waals surface area contributed by atoms with Gasteiger partial charge in [0, 0.05) is 25.7 Å². The molecule has 3 rings (SSSR count). The summed E-state index contributed by atoms with van der Waals surface area (Å²) in [6.07, 6.45) is 3.11. The van der Waals surface area contributed by atoms with Crippen molar-refractivity contribution in [3.63, 3.8) is 0 Å². The second-order valence-electron chi connectivity index (χ2n) is 7.41. The van der Waals surface area contributed by atoms with Crippen molar-refractivity contribution < 1.29 is 9.59 Å². The third-order valence-corrected chi connectivity index (χ3v) is 5.41. The monoisotopic (exact) mass is 364 g/mol. The standard InChI is InChI=1S/C23H28N2O2/c1-18-8-6-7-11-22(18)25(19(2)26)17-23(27)24-14-12-21(13-15-24)16-20-9-4-3-5-10-20/h3-11,21H,12-17H2,1-2H3. The van der Waals surface area contributed by atoms with Crippen molar-refractivity contribution >= 4 is 17.5 Å². The normalized spacial score (nSPS) is 14.8. The highest BCUT2D eigenvalue weighted by Crippen LogP contribution is 2.23. The molecule has 0 radical (unpaired) electrons. The van der Waals surface area contributed by atoms with Crippen LogP contribution in [-0.2, 0) is 16.0 Å². The SMILES string of the molecule is CC(=O)N(CC(=O)N1CCC(Cc2ccccc2)CC1)c1ccccc1C. The van der Waals surface area contributed by atoms with Crippen LogP contribution in [0.1, 0.15) is 30.9 Å². The number of carbonyl (C=O) groups excluding carboxylic acids is 2. The van der Waals surface area contributed by atoms with Crippen LogP contribution in [0.25, 0.3) is 0 Å². The summed E-state index contributed by atoms with van der Waals surface area (Å²) in [5.74, 6) is 0.556. The fourth-order valence-electron chi connectivity index (χ4n) is 3.80. The fourth-order valence-corrected chi connectivity index (χ4v) is 3.80. The van der Waals surface area contributed by atoms with Gasteiger partial charge in [0.1, 0.15) is 6.54 Å². The molecule has 2 aromatic rings. The Bertz CT molecular complexity index is 780. The summed E-state index contributed by atoms with van der Waals surface area (Å²) in [6, 6.07) is 18.2. The molecular formula is C23H28N2O2. The Labute approximate surface area is 161 Å². The van der Waals surface area contributed by atoms with E-state index >= 15 is 0 Å². The third kappa shape index (κ3) is 4.97. The molecule has 0 aliphatic carbocycles. The summed E-state index contributed by atoms with van der Waals surface area (Å²) in [5, 5.41) is 0. The zero-order chi connectivity index (χ0) is 19.2. The van der Waals surface area contributed by atoms with E-state index in [1.807, 2.05) is 42.2 Å². The van der Waals surface area contributed by atoms with E-state index in [1.54, 1.807) is 4.90 Å². The molecule has 142 valence electrons. The average molecular weight is 364 g/mol. The van der Waals surface area contributed by atoms with Crippen molar-refractivity contribution in [2.24, 2.45) is 5.92 Å². The molecule has 0 saturated carbocycles. The number of rotatable bonds is 5. The Morgan fingerprint density at radius 1 is 1.00 bits per heavy atom. The molecule has 0 atom stereocenters. The molecule has 27 heavy (non-hydrogen) atoms. The van der Waals surface area contributed by atoms with Crippen molar-refractivity contribution in [1.82, 2.24) is 4.90 Å². The quantitative estimate of drug-likeness (QED) is 0.809. The number of anilines is 1. The van der Waals surface area contributed by atoms with Gasteiger partial charge in [0.2, 0.25) is 11.8 Å². The number of benzene rings is 2. The van der Waals surface area contributed by atoms with Crippen LogP contribution in [0.3, 0.4) is 0 Å². The zero-order valence-corrected chi connectivity index (χ0v) is 16.2. The summed E-state index contributed by atoms with van der Waals surface area (Å²) < 4.78 is 0. The second-order valence-corrected chi connectivity index (χ2v) is 7.41. The molecule has 1 fully saturated rings. The summed E-state index contributed by atoms with van der Waals surface area (Å²) in [5.41, 5.74) is 3.18. The summed E-state index contributed by atoms with van der Waals surface area (Å²) >= 11 is 0. The van der Waals surface area contributed by atoms with E-state index in [1.165, 1.54) is 12.5 Å². The topological polar surface area (TPSA) is 40.6 Å². The molecule has 0 bridgehead atoms. The van der Waals surface area contributed by atoms with E-state index in [0.29, 0.717) is 5.92 Å². The van der Waals surface area contributed by atoms with Crippen molar-refractivity contribution in [2.75, 3.05) is 24.5 Å². The van der Waals surface area contributed by atoms with Crippen molar-refractivity contribution in [2.45, 2.75) is 33.1 Å². The summed E-state index contributed by atoms with van der Waals surface area (Å²) in [7, 11) is 0. The molecule has 1 heterocycles. The van der Waals surface area contributed by atoms with Crippen molar-refractivity contribution in [3.8, 4) is 0 Å². The van der Waals surface area contributed by atoms with Crippen LogP contribution in [0.5, 0.6) is 0 Å². The summed E-state index contributed by atoms with van der Waals surface area (Å²) in [6.45, 7) is 5.14. The van der Waals surface area contributed by atoms with E-state index in [9.17, 15) is 9.59 Å². The van der Waals surface area contributed by atoms with Crippen LogP contribution in [0.4, 0.5) is 5.69 Å². The van der Waals surface area contributed by atoms with Crippen LogP contribution in [0.2, 0.25) is 0 Å². The number of hydrogen-bond acceptors (Lipinski definition) is 2. The fraction of sp³-hybridized carbons (Fsp3) is 0.391. The summed E-state index contributed by atoms with van der Waals surface area (Å²) in [4.78, 5) is 28.4. The highest BCUT2D eigenvalue weighted by Gasteiger charge is 2.25. The third-order valence-electron chi connectivity index (χ3n) is 5.41. The van der Waals surface area contributed by atoms with Gasteiger partial charge in [0.25, 0.3) is 0 Å². The van der Waals surface area contributed by atoms with Gasteiger partial charge in [0.05, 0.1) is 0 Å². The molecule has 4 heteroatoms. The average Bonchev–Trinajstić information content (AvgIpc) is 2.68. The predicted molar refractivity (Wildman–Crippen MR) is 109 cm³/mol. The Morgan fingerprint density at radius 2 is 1.63 bits per heavy atom. The number of aryl methyl sites for hydroxylation is 1. The van der Waals surface area contributed by atoms with E-state index < -0.39 is 0 Å². The zero-order valence-electron chi connectivity index (χ0n) is 16.2. The first-order valence-corrected chi connectivity index (χ1v) is 9.70. The molecule has 2 aromatic carbocycles. The molecule has 1 aliphatic rings.